The highest BCUT2D eigenvalue weighted by molar-refractivity contribution is 4.91. The normalized spacial score (nSPS) is 37.2. The van der Waals surface area contributed by atoms with E-state index in [9.17, 15) is 0 Å². The fourth-order valence-electron chi connectivity index (χ4n) is 3.82. The van der Waals surface area contributed by atoms with E-state index in [-0.39, 0.29) is 0 Å². The van der Waals surface area contributed by atoms with Crippen LogP contribution in [0.5, 0.6) is 0 Å². The van der Waals surface area contributed by atoms with Crippen LogP contribution in [0.3, 0.4) is 0 Å². The molecule has 2 aliphatic carbocycles. The molecular formula is C15H29N3. The zero-order valence-corrected chi connectivity index (χ0v) is 11.7. The molecule has 18 heavy (non-hydrogen) atoms. The quantitative estimate of drug-likeness (QED) is 0.812. The minimum absolute atomic E-state index is 0.428. The largest absolute Gasteiger partial charge is 0.326 e. The molecule has 3 rings (SSSR count). The molecule has 2 unspecified atom stereocenters. The Hall–Kier alpha value is -0.120. The highest BCUT2D eigenvalue weighted by atomic mass is 15.3. The Balaban J connectivity index is 1.52. The Morgan fingerprint density at radius 2 is 1.28 bits per heavy atom. The third kappa shape index (κ3) is 3.06. The summed E-state index contributed by atoms with van der Waals surface area (Å²) in [6.45, 7) is 5.09. The zero-order valence-electron chi connectivity index (χ0n) is 11.7. The van der Waals surface area contributed by atoms with Crippen LogP contribution in [0, 0.1) is 0 Å². The van der Waals surface area contributed by atoms with Crippen LogP contribution in [0.4, 0.5) is 0 Å². The fraction of sp³-hybridized carbons (Fsp3) is 1.00. The topological polar surface area (TPSA) is 32.5 Å². The number of nitrogens with zero attached hydrogens (tertiary/aromatic N) is 2. The molecule has 0 aromatic carbocycles. The van der Waals surface area contributed by atoms with Crippen molar-refractivity contribution >= 4 is 0 Å². The van der Waals surface area contributed by atoms with Crippen LogP contribution in [0.1, 0.15) is 51.4 Å². The van der Waals surface area contributed by atoms with Gasteiger partial charge >= 0.3 is 0 Å². The summed E-state index contributed by atoms with van der Waals surface area (Å²) in [6, 6.07) is 2.04. The van der Waals surface area contributed by atoms with Crippen LogP contribution in [0.15, 0.2) is 0 Å². The minimum Gasteiger partial charge on any atom is -0.326 e. The van der Waals surface area contributed by atoms with Crippen LogP contribution in [-0.2, 0) is 0 Å². The van der Waals surface area contributed by atoms with E-state index in [0.29, 0.717) is 12.1 Å². The maximum absolute atomic E-state index is 6.43. The molecule has 1 aliphatic heterocycles. The summed E-state index contributed by atoms with van der Waals surface area (Å²) in [5, 5.41) is 0. The van der Waals surface area contributed by atoms with Crippen molar-refractivity contribution in [2.45, 2.75) is 69.5 Å². The lowest BCUT2D eigenvalue weighted by Crippen LogP contribution is -2.56. The van der Waals surface area contributed by atoms with E-state index < -0.39 is 0 Å². The summed E-state index contributed by atoms with van der Waals surface area (Å²) >= 11 is 0. The van der Waals surface area contributed by atoms with Crippen molar-refractivity contribution in [1.82, 2.24) is 9.80 Å². The summed E-state index contributed by atoms with van der Waals surface area (Å²) in [5.41, 5.74) is 6.43. The SMILES string of the molecule is NC1CCCCCCC1N1CCN(C2CC2)CC1. The molecule has 3 aliphatic rings. The van der Waals surface area contributed by atoms with Gasteiger partial charge < -0.3 is 5.73 Å². The average molecular weight is 251 g/mol. The van der Waals surface area contributed by atoms with Gasteiger partial charge in [0.25, 0.3) is 0 Å². The summed E-state index contributed by atoms with van der Waals surface area (Å²) in [4.78, 5) is 5.40. The first-order chi connectivity index (χ1) is 8.84. The predicted octanol–water partition coefficient (Wildman–Crippen LogP) is 1.82. The molecule has 1 saturated heterocycles. The molecular weight excluding hydrogens is 222 g/mol. The van der Waals surface area contributed by atoms with Gasteiger partial charge in [-0.3, -0.25) is 9.80 Å². The van der Waals surface area contributed by atoms with Crippen molar-refractivity contribution in [2.75, 3.05) is 26.2 Å². The van der Waals surface area contributed by atoms with Gasteiger partial charge in [0.15, 0.2) is 0 Å². The molecule has 2 N–H and O–H groups in total. The Labute approximate surface area is 112 Å². The van der Waals surface area contributed by atoms with Gasteiger partial charge in [-0.25, -0.2) is 0 Å². The molecule has 104 valence electrons. The van der Waals surface area contributed by atoms with Crippen LogP contribution >= 0.6 is 0 Å². The highest BCUT2D eigenvalue weighted by Crippen LogP contribution is 2.29. The lowest BCUT2D eigenvalue weighted by atomic mass is 9.91. The summed E-state index contributed by atoms with van der Waals surface area (Å²) in [7, 11) is 0. The zero-order chi connectivity index (χ0) is 12.4. The van der Waals surface area contributed by atoms with Gasteiger partial charge in [-0.05, 0) is 25.7 Å². The Morgan fingerprint density at radius 1 is 0.667 bits per heavy atom. The molecule has 0 aromatic rings. The summed E-state index contributed by atoms with van der Waals surface area (Å²) in [6.07, 6.45) is 11.0. The Bertz CT molecular complexity index is 256. The molecule has 0 amide bonds. The number of piperazine rings is 1. The molecule has 3 nitrogen and oxygen atoms in total. The van der Waals surface area contributed by atoms with Gasteiger partial charge in [0, 0.05) is 44.3 Å². The van der Waals surface area contributed by atoms with E-state index in [1.165, 1.54) is 77.5 Å². The number of rotatable bonds is 2. The van der Waals surface area contributed by atoms with Crippen molar-refractivity contribution in [3.8, 4) is 0 Å². The molecule has 1 heterocycles. The molecule has 3 heteroatoms. The van der Waals surface area contributed by atoms with Gasteiger partial charge in [-0.2, -0.15) is 0 Å². The van der Waals surface area contributed by atoms with Gasteiger partial charge in [0.2, 0.25) is 0 Å². The third-order valence-electron chi connectivity index (χ3n) is 5.16. The first-order valence-electron chi connectivity index (χ1n) is 8.08. The molecule has 0 bridgehead atoms. The summed E-state index contributed by atoms with van der Waals surface area (Å²) in [5.74, 6) is 0. The number of nitrogens with two attached hydrogens (primary N) is 1. The van der Waals surface area contributed by atoms with Crippen LogP contribution in [0.25, 0.3) is 0 Å². The number of hydrogen-bond acceptors (Lipinski definition) is 3. The smallest absolute Gasteiger partial charge is 0.0248 e. The monoisotopic (exact) mass is 251 g/mol. The molecule has 3 fully saturated rings. The van der Waals surface area contributed by atoms with E-state index in [0.717, 1.165) is 6.04 Å². The van der Waals surface area contributed by atoms with Crippen molar-refractivity contribution in [1.29, 1.82) is 0 Å². The Morgan fingerprint density at radius 3 is 1.94 bits per heavy atom. The van der Waals surface area contributed by atoms with E-state index in [4.69, 9.17) is 5.73 Å². The minimum atomic E-state index is 0.428. The van der Waals surface area contributed by atoms with Gasteiger partial charge in [0.1, 0.15) is 0 Å². The lowest BCUT2D eigenvalue weighted by Gasteiger charge is -2.42. The standard InChI is InChI=1S/C15H29N3/c16-14-5-3-1-2-4-6-15(14)18-11-9-17(10-12-18)13-7-8-13/h13-15H,1-12,16H2. The first-order valence-corrected chi connectivity index (χ1v) is 8.08. The van der Waals surface area contributed by atoms with Gasteiger partial charge in [-0.1, -0.05) is 25.7 Å². The van der Waals surface area contributed by atoms with Crippen LogP contribution in [0.2, 0.25) is 0 Å². The second-order valence-electron chi connectivity index (χ2n) is 6.53. The molecule has 0 aromatic heterocycles. The van der Waals surface area contributed by atoms with Gasteiger partial charge in [-0.15, -0.1) is 0 Å². The van der Waals surface area contributed by atoms with Crippen molar-refractivity contribution in [2.24, 2.45) is 5.73 Å². The van der Waals surface area contributed by atoms with E-state index in [1.54, 1.807) is 0 Å². The number of hydrogen-bond donors (Lipinski definition) is 1. The second-order valence-corrected chi connectivity index (χ2v) is 6.53. The average Bonchev–Trinajstić information content (AvgIpc) is 3.19. The third-order valence-corrected chi connectivity index (χ3v) is 5.16. The van der Waals surface area contributed by atoms with Crippen molar-refractivity contribution in [3.63, 3.8) is 0 Å². The van der Waals surface area contributed by atoms with Gasteiger partial charge in [0.05, 0.1) is 0 Å². The Kier molecular flexibility index (Phi) is 4.22. The fourth-order valence-corrected chi connectivity index (χ4v) is 3.82. The predicted molar refractivity (Wildman–Crippen MR) is 75.6 cm³/mol. The second kappa shape index (κ2) is 5.89. The maximum atomic E-state index is 6.43. The molecule has 0 spiro atoms. The first kappa shape index (κ1) is 12.9. The van der Waals surface area contributed by atoms with Crippen LogP contribution in [-0.4, -0.2) is 54.1 Å². The summed E-state index contributed by atoms with van der Waals surface area (Å²) < 4.78 is 0. The van der Waals surface area contributed by atoms with Crippen molar-refractivity contribution < 1.29 is 0 Å². The van der Waals surface area contributed by atoms with E-state index in [2.05, 4.69) is 9.80 Å². The van der Waals surface area contributed by atoms with Crippen LogP contribution < -0.4 is 5.73 Å². The van der Waals surface area contributed by atoms with E-state index >= 15 is 0 Å². The molecule has 2 saturated carbocycles. The maximum Gasteiger partial charge on any atom is 0.0248 e. The van der Waals surface area contributed by atoms with Crippen molar-refractivity contribution in [3.05, 3.63) is 0 Å². The lowest BCUT2D eigenvalue weighted by molar-refractivity contribution is 0.0715. The molecule has 2 atom stereocenters. The highest BCUT2D eigenvalue weighted by Gasteiger charge is 2.34. The van der Waals surface area contributed by atoms with E-state index in [1.807, 2.05) is 0 Å². The molecule has 0 radical (unpaired) electrons.